The molecule has 0 aromatic carbocycles. The van der Waals surface area contributed by atoms with Crippen LogP contribution in [-0.4, -0.2) is 35.9 Å². The highest BCUT2D eigenvalue weighted by molar-refractivity contribution is 5.78. The van der Waals surface area contributed by atoms with Gasteiger partial charge in [0.1, 0.15) is 5.60 Å². The number of esters is 1. The number of hydrogen-bond donors (Lipinski definition) is 1. The normalized spacial score (nSPS) is 13.1. The molecule has 0 saturated heterocycles. The van der Waals surface area contributed by atoms with Gasteiger partial charge in [-0.1, -0.05) is 13.3 Å². The molecule has 0 aromatic rings. The second-order valence-electron chi connectivity index (χ2n) is 5.58. The van der Waals surface area contributed by atoms with Crippen LogP contribution in [0.1, 0.15) is 53.4 Å². The highest BCUT2D eigenvalue weighted by Crippen LogP contribution is 2.15. The van der Waals surface area contributed by atoms with Crippen LogP contribution in [0.4, 0.5) is 0 Å². The average molecular weight is 274 g/mol. The maximum atomic E-state index is 11.6. The monoisotopic (exact) mass is 274 g/mol. The lowest BCUT2D eigenvalue weighted by Crippen LogP contribution is -2.27. The third-order valence-corrected chi connectivity index (χ3v) is 2.44. The second kappa shape index (κ2) is 8.91. The topological polar surface area (TPSA) is 72.8 Å². The lowest BCUT2D eigenvalue weighted by Gasteiger charge is -2.21. The van der Waals surface area contributed by atoms with E-state index in [-0.39, 0.29) is 6.42 Å². The Morgan fingerprint density at radius 2 is 1.84 bits per heavy atom. The highest BCUT2D eigenvalue weighted by Gasteiger charge is 2.24. The number of carboxylic acid groups (broad SMARTS) is 1. The number of ether oxygens (including phenoxy) is 2. The maximum Gasteiger partial charge on any atom is 0.307 e. The van der Waals surface area contributed by atoms with Crippen LogP contribution < -0.4 is 0 Å². The zero-order chi connectivity index (χ0) is 14.9. The molecule has 0 fully saturated rings. The van der Waals surface area contributed by atoms with Crippen molar-refractivity contribution in [1.29, 1.82) is 0 Å². The Kier molecular flexibility index (Phi) is 8.39. The summed E-state index contributed by atoms with van der Waals surface area (Å²) in [6.45, 7) is 8.33. The Morgan fingerprint density at radius 1 is 1.21 bits per heavy atom. The standard InChI is InChI=1S/C14H26O5/c1-5-6-8-18-9-7-11(13(16)17)10-12(15)19-14(2,3)4/h11H,5-10H2,1-4H3,(H,16,17)/t11-/m0/s1. The third kappa shape index (κ3) is 10.5. The Balaban J connectivity index is 4.05. The lowest BCUT2D eigenvalue weighted by molar-refractivity contribution is -0.160. The van der Waals surface area contributed by atoms with Gasteiger partial charge in [-0.3, -0.25) is 9.59 Å². The third-order valence-electron chi connectivity index (χ3n) is 2.44. The summed E-state index contributed by atoms with van der Waals surface area (Å²) >= 11 is 0. The molecule has 0 amide bonds. The molecule has 0 saturated carbocycles. The molecule has 0 aromatic heterocycles. The van der Waals surface area contributed by atoms with Gasteiger partial charge < -0.3 is 14.6 Å². The van der Waals surface area contributed by atoms with E-state index < -0.39 is 23.5 Å². The number of carboxylic acids is 1. The summed E-state index contributed by atoms with van der Waals surface area (Å²) in [4.78, 5) is 22.6. The van der Waals surface area contributed by atoms with Crippen LogP contribution in [0.15, 0.2) is 0 Å². The van der Waals surface area contributed by atoms with E-state index in [2.05, 4.69) is 6.92 Å². The molecule has 0 unspecified atom stereocenters. The fourth-order valence-electron chi connectivity index (χ4n) is 1.47. The first kappa shape index (κ1) is 17.9. The van der Waals surface area contributed by atoms with Crippen molar-refractivity contribution >= 4 is 11.9 Å². The Morgan fingerprint density at radius 3 is 2.32 bits per heavy atom. The van der Waals surface area contributed by atoms with Crippen molar-refractivity contribution in [3.63, 3.8) is 0 Å². The summed E-state index contributed by atoms with van der Waals surface area (Å²) in [6, 6.07) is 0. The number of hydrogen-bond acceptors (Lipinski definition) is 4. The van der Waals surface area contributed by atoms with E-state index in [1.165, 1.54) is 0 Å². The summed E-state index contributed by atoms with van der Waals surface area (Å²) in [5.74, 6) is -2.20. The van der Waals surface area contributed by atoms with Gasteiger partial charge in [0.2, 0.25) is 0 Å². The molecule has 0 aliphatic heterocycles. The number of carbonyl (C=O) groups excluding carboxylic acids is 1. The molecule has 112 valence electrons. The molecule has 0 radical (unpaired) electrons. The van der Waals surface area contributed by atoms with E-state index in [9.17, 15) is 9.59 Å². The molecule has 0 aliphatic rings. The smallest absolute Gasteiger partial charge is 0.307 e. The van der Waals surface area contributed by atoms with Gasteiger partial charge in [-0.05, 0) is 33.6 Å². The van der Waals surface area contributed by atoms with Crippen molar-refractivity contribution in [2.75, 3.05) is 13.2 Å². The van der Waals surface area contributed by atoms with Crippen molar-refractivity contribution < 1.29 is 24.2 Å². The highest BCUT2D eigenvalue weighted by atomic mass is 16.6. The molecule has 0 spiro atoms. The summed E-state index contributed by atoms with van der Waals surface area (Å²) in [7, 11) is 0. The van der Waals surface area contributed by atoms with E-state index >= 15 is 0 Å². The molecule has 1 N–H and O–H groups in total. The molecular formula is C14H26O5. The van der Waals surface area contributed by atoms with Crippen molar-refractivity contribution in [1.82, 2.24) is 0 Å². The molecule has 0 aliphatic carbocycles. The molecule has 0 rings (SSSR count). The first-order valence-electron chi connectivity index (χ1n) is 6.78. The minimum Gasteiger partial charge on any atom is -0.481 e. The predicted molar refractivity (Wildman–Crippen MR) is 71.9 cm³/mol. The minimum atomic E-state index is -0.982. The molecule has 5 nitrogen and oxygen atoms in total. The van der Waals surface area contributed by atoms with Crippen LogP contribution in [0.2, 0.25) is 0 Å². The largest absolute Gasteiger partial charge is 0.481 e. The van der Waals surface area contributed by atoms with Crippen LogP contribution in [0.25, 0.3) is 0 Å². The zero-order valence-corrected chi connectivity index (χ0v) is 12.4. The van der Waals surface area contributed by atoms with E-state index in [1.807, 2.05) is 0 Å². The van der Waals surface area contributed by atoms with E-state index in [0.717, 1.165) is 12.8 Å². The van der Waals surface area contributed by atoms with Crippen molar-refractivity contribution in [3.05, 3.63) is 0 Å². The van der Waals surface area contributed by atoms with Gasteiger partial charge in [0.15, 0.2) is 0 Å². The van der Waals surface area contributed by atoms with Gasteiger partial charge in [-0.25, -0.2) is 0 Å². The quantitative estimate of drug-likeness (QED) is 0.517. The SMILES string of the molecule is CCCCOCC[C@@H](CC(=O)OC(C)(C)C)C(=O)O. The van der Waals surface area contributed by atoms with Crippen molar-refractivity contribution in [2.24, 2.45) is 5.92 Å². The molecule has 1 atom stereocenters. The number of rotatable bonds is 9. The van der Waals surface area contributed by atoms with Crippen LogP contribution in [-0.2, 0) is 19.1 Å². The first-order valence-corrected chi connectivity index (χ1v) is 6.78. The molecule has 0 bridgehead atoms. The van der Waals surface area contributed by atoms with Gasteiger partial charge in [0.05, 0.1) is 12.3 Å². The van der Waals surface area contributed by atoms with Crippen LogP contribution in [0, 0.1) is 5.92 Å². The number of aliphatic carboxylic acids is 1. The van der Waals surface area contributed by atoms with E-state index in [4.69, 9.17) is 14.6 Å². The molecule has 19 heavy (non-hydrogen) atoms. The fraction of sp³-hybridized carbons (Fsp3) is 0.857. The summed E-state index contributed by atoms with van der Waals surface area (Å²) in [5, 5.41) is 9.06. The zero-order valence-electron chi connectivity index (χ0n) is 12.4. The van der Waals surface area contributed by atoms with Crippen molar-refractivity contribution in [3.8, 4) is 0 Å². The van der Waals surface area contributed by atoms with Gasteiger partial charge in [0.25, 0.3) is 0 Å². The van der Waals surface area contributed by atoms with Crippen LogP contribution in [0.3, 0.4) is 0 Å². The first-order chi connectivity index (χ1) is 8.76. The Bertz CT molecular complexity index is 280. The maximum absolute atomic E-state index is 11.6. The summed E-state index contributed by atoms with van der Waals surface area (Å²) in [5.41, 5.74) is -0.586. The van der Waals surface area contributed by atoms with E-state index in [1.54, 1.807) is 20.8 Å². The number of carbonyl (C=O) groups is 2. The van der Waals surface area contributed by atoms with Crippen molar-refractivity contribution in [2.45, 2.75) is 59.0 Å². The summed E-state index contributed by atoms with van der Waals surface area (Å²) < 4.78 is 10.4. The van der Waals surface area contributed by atoms with E-state index in [0.29, 0.717) is 19.6 Å². The van der Waals surface area contributed by atoms with Gasteiger partial charge in [-0.15, -0.1) is 0 Å². The molecule has 5 heteroatoms. The van der Waals surface area contributed by atoms with Crippen LogP contribution in [0.5, 0.6) is 0 Å². The van der Waals surface area contributed by atoms with Gasteiger partial charge in [0, 0.05) is 13.2 Å². The van der Waals surface area contributed by atoms with Gasteiger partial charge >= 0.3 is 11.9 Å². The molecule has 0 heterocycles. The summed E-state index contributed by atoms with van der Waals surface area (Å²) in [6.07, 6.45) is 2.23. The minimum absolute atomic E-state index is 0.107. The molecular weight excluding hydrogens is 248 g/mol. The lowest BCUT2D eigenvalue weighted by atomic mass is 10.0. The number of unbranched alkanes of at least 4 members (excludes halogenated alkanes) is 1. The van der Waals surface area contributed by atoms with Crippen LogP contribution >= 0.6 is 0 Å². The predicted octanol–water partition coefficient (Wildman–Crippen LogP) is 2.63. The Labute approximate surface area is 115 Å². The Hall–Kier alpha value is -1.10. The second-order valence-corrected chi connectivity index (χ2v) is 5.58. The fourth-order valence-corrected chi connectivity index (χ4v) is 1.47. The average Bonchev–Trinajstić information content (AvgIpc) is 2.24. The van der Waals surface area contributed by atoms with Gasteiger partial charge in [-0.2, -0.15) is 0 Å².